The van der Waals surface area contributed by atoms with Crippen LogP contribution in [0.5, 0.6) is 0 Å². The molecule has 1 unspecified atom stereocenters. The van der Waals surface area contributed by atoms with Gasteiger partial charge in [0.1, 0.15) is 10.8 Å². The fourth-order valence-corrected chi connectivity index (χ4v) is 1.95. The molecular formula is C10H12Cl2N2O2. The second-order valence-electron chi connectivity index (χ2n) is 3.69. The molecule has 2 N–H and O–H groups in total. The number of carbonyl (C=O) groups is 1. The maximum absolute atomic E-state index is 11.7. The normalized spacial score (nSPS) is 20.0. The molecule has 4 nitrogen and oxygen atoms in total. The van der Waals surface area contributed by atoms with Gasteiger partial charge in [-0.25, -0.2) is 0 Å². The van der Waals surface area contributed by atoms with Crippen LogP contribution in [0.4, 0.5) is 0 Å². The summed E-state index contributed by atoms with van der Waals surface area (Å²) >= 11 is 11.4. The number of rotatable bonds is 3. The van der Waals surface area contributed by atoms with E-state index in [2.05, 4.69) is 10.3 Å². The number of halogens is 2. The molecule has 1 amide bonds. The average molecular weight is 263 g/mol. The van der Waals surface area contributed by atoms with Gasteiger partial charge in [-0.1, -0.05) is 23.2 Å². The molecule has 1 aromatic heterocycles. The lowest BCUT2D eigenvalue weighted by Gasteiger charge is -2.09. The number of hydrogen-bond acceptors (Lipinski definition) is 2. The molecule has 0 aromatic carbocycles. The number of nitrogens with one attached hydrogen (secondary N) is 2. The largest absolute Gasteiger partial charge is 0.376 e. The van der Waals surface area contributed by atoms with Gasteiger partial charge in [-0.15, -0.1) is 0 Å². The van der Waals surface area contributed by atoms with E-state index in [9.17, 15) is 4.79 Å². The third kappa shape index (κ3) is 2.70. The van der Waals surface area contributed by atoms with Gasteiger partial charge in [0.05, 0.1) is 11.1 Å². The lowest BCUT2D eigenvalue weighted by molar-refractivity contribution is 0.0854. The highest BCUT2D eigenvalue weighted by atomic mass is 35.5. The Hall–Kier alpha value is -0.710. The number of amides is 1. The Labute approximate surface area is 103 Å². The van der Waals surface area contributed by atoms with E-state index < -0.39 is 0 Å². The lowest BCUT2D eigenvalue weighted by Crippen LogP contribution is -2.31. The first-order valence-electron chi connectivity index (χ1n) is 5.10. The molecule has 0 spiro atoms. The van der Waals surface area contributed by atoms with Crippen molar-refractivity contribution in [2.75, 3.05) is 13.2 Å². The molecule has 1 fully saturated rings. The van der Waals surface area contributed by atoms with Crippen molar-refractivity contribution in [3.8, 4) is 0 Å². The Morgan fingerprint density at radius 3 is 3.00 bits per heavy atom. The predicted octanol–water partition coefficient (Wildman–Crippen LogP) is 2.23. The van der Waals surface area contributed by atoms with E-state index in [0.29, 0.717) is 17.3 Å². The topological polar surface area (TPSA) is 54.1 Å². The summed E-state index contributed by atoms with van der Waals surface area (Å²) in [7, 11) is 0. The van der Waals surface area contributed by atoms with E-state index in [-0.39, 0.29) is 17.2 Å². The molecule has 6 heteroatoms. The molecule has 2 rings (SSSR count). The molecule has 2 heterocycles. The molecule has 0 bridgehead atoms. The first-order chi connectivity index (χ1) is 7.66. The van der Waals surface area contributed by atoms with Gasteiger partial charge in [-0.05, 0) is 18.9 Å². The number of carbonyl (C=O) groups excluding carboxylic acids is 1. The zero-order valence-electron chi connectivity index (χ0n) is 8.56. The first-order valence-corrected chi connectivity index (χ1v) is 5.86. The van der Waals surface area contributed by atoms with Crippen LogP contribution in [0.1, 0.15) is 23.3 Å². The van der Waals surface area contributed by atoms with Crippen molar-refractivity contribution < 1.29 is 9.53 Å². The summed E-state index contributed by atoms with van der Waals surface area (Å²) in [6, 6.07) is 1.51. The fourth-order valence-electron chi connectivity index (χ4n) is 1.63. The Morgan fingerprint density at radius 1 is 1.62 bits per heavy atom. The number of aromatic nitrogens is 1. The van der Waals surface area contributed by atoms with E-state index >= 15 is 0 Å². The number of H-pyrrole nitrogens is 1. The average Bonchev–Trinajstić information content (AvgIpc) is 2.86. The molecule has 0 saturated carbocycles. The SMILES string of the molecule is O=C(NCC1CCCO1)c1cc(Cl)c(Cl)[nH]1. The maximum Gasteiger partial charge on any atom is 0.267 e. The van der Waals surface area contributed by atoms with E-state index in [4.69, 9.17) is 27.9 Å². The maximum atomic E-state index is 11.7. The van der Waals surface area contributed by atoms with Crippen molar-refractivity contribution in [1.82, 2.24) is 10.3 Å². The Bertz CT molecular complexity index is 367. The standard InChI is InChI=1S/C10H12Cl2N2O2/c11-7-4-8(14-9(7)12)10(15)13-5-6-2-1-3-16-6/h4,6,14H,1-3,5H2,(H,13,15). The molecule has 1 aliphatic rings. The van der Waals surface area contributed by atoms with Gasteiger partial charge < -0.3 is 15.0 Å². The molecule has 0 aliphatic carbocycles. The fraction of sp³-hybridized carbons (Fsp3) is 0.500. The van der Waals surface area contributed by atoms with Gasteiger partial charge in [-0.3, -0.25) is 4.79 Å². The van der Waals surface area contributed by atoms with Crippen LogP contribution in [0.25, 0.3) is 0 Å². The van der Waals surface area contributed by atoms with Crippen LogP contribution in [0, 0.1) is 0 Å². The van der Waals surface area contributed by atoms with Crippen molar-refractivity contribution >= 4 is 29.1 Å². The minimum Gasteiger partial charge on any atom is -0.376 e. The quantitative estimate of drug-likeness (QED) is 0.878. The lowest BCUT2D eigenvalue weighted by atomic mass is 10.2. The van der Waals surface area contributed by atoms with Crippen LogP contribution in [-0.2, 0) is 4.74 Å². The van der Waals surface area contributed by atoms with Gasteiger partial charge >= 0.3 is 0 Å². The summed E-state index contributed by atoms with van der Waals surface area (Å²) in [4.78, 5) is 14.4. The highest BCUT2D eigenvalue weighted by molar-refractivity contribution is 6.41. The zero-order valence-corrected chi connectivity index (χ0v) is 10.1. The van der Waals surface area contributed by atoms with E-state index in [1.165, 1.54) is 6.07 Å². The monoisotopic (exact) mass is 262 g/mol. The molecule has 1 saturated heterocycles. The molecule has 16 heavy (non-hydrogen) atoms. The minimum atomic E-state index is -0.218. The highest BCUT2D eigenvalue weighted by Crippen LogP contribution is 2.21. The summed E-state index contributed by atoms with van der Waals surface area (Å²) in [6.07, 6.45) is 2.18. The second-order valence-corrected chi connectivity index (χ2v) is 4.48. The smallest absolute Gasteiger partial charge is 0.267 e. The molecule has 1 atom stereocenters. The third-order valence-electron chi connectivity index (χ3n) is 2.48. The Kier molecular flexibility index (Phi) is 3.74. The first kappa shape index (κ1) is 11.8. The van der Waals surface area contributed by atoms with E-state index in [0.717, 1.165) is 19.4 Å². The van der Waals surface area contributed by atoms with Crippen molar-refractivity contribution in [3.05, 3.63) is 21.9 Å². The zero-order chi connectivity index (χ0) is 11.5. The van der Waals surface area contributed by atoms with Crippen molar-refractivity contribution in [3.63, 3.8) is 0 Å². The van der Waals surface area contributed by atoms with Crippen LogP contribution in [0.2, 0.25) is 10.2 Å². The van der Waals surface area contributed by atoms with Crippen LogP contribution in [0.15, 0.2) is 6.07 Å². The molecule has 88 valence electrons. The van der Waals surface area contributed by atoms with Crippen LogP contribution < -0.4 is 5.32 Å². The predicted molar refractivity (Wildman–Crippen MR) is 62.1 cm³/mol. The van der Waals surface area contributed by atoms with Crippen LogP contribution in [-0.4, -0.2) is 30.1 Å². The number of hydrogen-bond donors (Lipinski definition) is 2. The molecule has 1 aliphatic heterocycles. The van der Waals surface area contributed by atoms with E-state index in [1.54, 1.807) is 0 Å². The Balaban J connectivity index is 1.87. The molecular weight excluding hydrogens is 251 g/mol. The molecule has 0 radical (unpaired) electrons. The van der Waals surface area contributed by atoms with Gasteiger partial charge in [-0.2, -0.15) is 0 Å². The van der Waals surface area contributed by atoms with Crippen molar-refractivity contribution in [2.45, 2.75) is 18.9 Å². The number of ether oxygens (including phenoxy) is 1. The van der Waals surface area contributed by atoms with Crippen LogP contribution in [0.3, 0.4) is 0 Å². The third-order valence-corrected chi connectivity index (χ3v) is 3.18. The van der Waals surface area contributed by atoms with Gasteiger partial charge in [0.15, 0.2) is 0 Å². The van der Waals surface area contributed by atoms with E-state index in [1.807, 2.05) is 0 Å². The molecule has 1 aromatic rings. The Morgan fingerprint density at radius 2 is 2.44 bits per heavy atom. The van der Waals surface area contributed by atoms with Gasteiger partial charge in [0, 0.05) is 13.2 Å². The minimum absolute atomic E-state index is 0.129. The number of aromatic amines is 1. The summed E-state index contributed by atoms with van der Waals surface area (Å²) in [5.41, 5.74) is 0.369. The summed E-state index contributed by atoms with van der Waals surface area (Å²) in [5, 5.41) is 3.40. The summed E-state index contributed by atoms with van der Waals surface area (Å²) in [6.45, 7) is 1.30. The van der Waals surface area contributed by atoms with Crippen LogP contribution >= 0.6 is 23.2 Å². The summed E-state index contributed by atoms with van der Waals surface area (Å²) in [5.74, 6) is -0.218. The highest BCUT2D eigenvalue weighted by Gasteiger charge is 2.17. The van der Waals surface area contributed by atoms with Gasteiger partial charge in [0.2, 0.25) is 0 Å². The van der Waals surface area contributed by atoms with Crippen molar-refractivity contribution in [2.24, 2.45) is 0 Å². The summed E-state index contributed by atoms with van der Waals surface area (Å²) < 4.78 is 5.39. The van der Waals surface area contributed by atoms with Gasteiger partial charge in [0.25, 0.3) is 5.91 Å². The second kappa shape index (κ2) is 5.08. The van der Waals surface area contributed by atoms with Crippen molar-refractivity contribution in [1.29, 1.82) is 0 Å².